The number of H-pyrrole nitrogens is 1. The molecule has 168 valence electrons. The van der Waals surface area contributed by atoms with E-state index in [0.29, 0.717) is 12.8 Å². The van der Waals surface area contributed by atoms with Crippen LogP contribution >= 0.6 is 0 Å². The highest BCUT2D eigenvalue weighted by molar-refractivity contribution is 6.06. The molecular weight excluding hydrogens is 398 g/mol. The number of benzene rings is 1. The standard InChI is InChI=1S/C11H7F2N3O2.C4H10.C3H11N3.CH2O/c12-6-2-1-3-7(13)10(6)11(18)15-8-4-14-16-9(8)5-17;1-3-4-2;1-6-3(5)2-4;1-2/h1-5H,(H,14,16)(H,15,18);3-4H2,1-2H3;3,6H,2,4-5H2,1H3;1H2. The Bertz CT molecular complexity index is 717. The van der Waals surface area contributed by atoms with Crippen LogP contribution in [0, 0.1) is 11.6 Å². The van der Waals surface area contributed by atoms with Gasteiger partial charge in [0.05, 0.1) is 18.1 Å². The summed E-state index contributed by atoms with van der Waals surface area (Å²) >= 11 is 0. The number of nitrogens with zero attached hydrogens (tertiary/aromatic N) is 1. The molecule has 1 atom stereocenters. The largest absolute Gasteiger partial charge is 0.328 e. The number of carbonyl (C=O) groups excluding carboxylic acids is 3. The van der Waals surface area contributed by atoms with Gasteiger partial charge in [0.25, 0.3) is 5.91 Å². The number of carbonyl (C=O) groups is 3. The van der Waals surface area contributed by atoms with Crippen molar-refractivity contribution in [2.24, 2.45) is 11.5 Å². The molecule has 0 aliphatic carbocycles. The van der Waals surface area contributed by atoms with E-state index in [2.05, 4.69) is 34.7 Å². The number of hydrogen-bond donors (Lipinski definition) is 5. The number of unbranched alkanes of at least 4 members (excludes halogenated alkanes) is 1. The third-order valence-electron chi connectivity index (χ3n) is 3.35. The Balaban J connectivity index is 0. The van der Waals surface area contributed by atoms with Gasteiger partial charge >= 0.3 is 0 Å². The molecule has 11 heteroatoms. The molecule has 0 aliphatic rings. The maximum Gasteiger partial charge on any atom is 0.261 e. The molecule has 0 fully saturated rings. The van der Waals surface area contributed by atoms with Crippen molar-refractivity contribution in [3.63, 3.8) is 0 Å². The van der Waals surface area contributed by atoms with Crippen molar-refractivity contribution < 1.29 is 23.2 Å². The first kappa shape index (κ1) is 29.2. The van der Waals surface area contributed by atoms with E-state index < -0.39 is 23.1 Å². The molecule has 2 aromatic rings. The summed E-state index contributed by atoms with van der Waals surface area (Å²) in [7, 11) is 1.78. The number of aromatic nitrogens is 2. The Morgan fingerprint density at radius 1 is 1.27 bits per heavy atom. The van der Waals surface area contributed by atoms with E-state index in [0.717, 1.165) is 18.2 Å². The molecule has 1 unspecified atom stereocenters. The fourth-order valence-corrected chi connectivity index (χ4v) is 1.50. The highest BCUT2D eigenvalue weighted by Crippen LogP contribution is 2.16. The Hall–Kier alpha value is -3.02. The first-order chi connectivity index (χ1) is 14.4. The number of aromatic amines is 1. The molecule has 0 saturated carbocycles. The zero-order chi connectivity index (χ0) is 23.5. The van der Waals surface area contributed by atoms with Crippen LogP contribution in [0.4, 0.5) is 14.5 Å². The SMILES string of the molecule is C=O.CCCC.CNC(N)CN.O=Cc1[nH]ncc1NC(=O)c1c(F)cccc1F. The molecule has 1 aromatic heterocycles. The van der Waals surface area contributed by atoms with Crippen molar-refractivity contribution >= 4 is 24.7 Å². The van der Waals surface area contributed by atoms with E-state index in [4.69, 9.17) is 16.3 Å². The highest BCUT2D eigenvalue weighted by Gasteiger charge is 2.18. The van der Waals surface area contributed by atoms with Crippen LogP contribution in [-0.4, -0.2) is 48.9 Å². The van der Waals surface area contributed by atoms with Crippen LogP contribution < -0.4 is 22.1 Å². The number of nitrogens with one attached hydrogen (secondary N) is 3. The fraction of sp³-hybridized carbons (Fsp3) is 0.368. The molecule has 1 heterocycles. The minimum Gasteiger partial charge on any atom is -0.328 e. The third-order valence-corrected chi connectivity index (χ3v) is 3.35. The molecule has 7 N–H and O–H groups in total. The molecule has 9 nitrogen and oxygen atoms in total. The van der Waals surface area contributed by atoms with Gasteiger partial charge in [0.2, 0.25) is 0 Å². The minimum absolute atomic E-state index is 0.0140. The number of likely N-dealkylation sites (N-methyl/N-ethyl adjacent to an activating group) is 1. The molecule has 0 bridgehead atoms. The van der Waals surface area contributed by atoms with Gasteiger partial charge in [0.1, 0.15) is 29.7 Å². The van der Waals surface area contributed by atoms with Crippen molar-refractivity contribution in [3.8, 4) is 0 Å². The van der Waals surface area contributed by atoms with Crippen LogP contribution in [0.2, 0.25) is 0 Å². The lowest BCUT2D eigenvalue weighted by atomic mass is 10.2. The minimum atomic E-state index is -0.991. The van der Waals surface area contributed by atoms with Crippen molar-refractivity contribution in [2.75, 3.05) is 18.9 Å². The molecule has 30 heavy (non-hydrogen) atoms. The molecule has 0 radical (unpaired) electrons. The lowest BCUT2D eigenvalue weighted by Crippen LogP contribution is -2.41. The van der Waals surface area contributed by atoms with Gasteiger partial charge in [0.15, 0.2) is 6.29 Å². The number of nitrogens with two attached hydrogens (primary N) is 2. The van der Waals surface area contributed by atoms with E-state index in [1.807, 2.05) is 6.79 Å². The van der Waals surface area contributed by atoms with Crippen molar-refractivity contribution in [1.29, 1.82) is 0 Å². The Labute approximate surface area is 174 Å². The van der Waals surface area contributed by atoms with Crippen LogP contribution in [0.3, 0.4) is 0 Å². The average molecular weight is 428 g/mol. The summed E-state index contributed by atoms with van der Waals surface area (Å²) in [4.78, 5) is 30.2. The summed E-state index contributed by atoms with van der Waals surface area (Å²) in [6.45, 7) is 6.86. The molecule has 1 amide bonds. The third kappa shape index (κ3) is 11.1. The number of anilines is 1. The van der Waals surface area contributed by atoms with E-state index in [1.165, 1.54) is 19.0 Å². The average Bonchev–Trinajstić information content (AvgIpc) is 3.22. The fourth-order valence-electron chi connectivity index (χ4n) is 1.50. The quantitative estimate of drug-likeness (QED) is 0.347. The van der Waals surface area contributed by atoms with Crippen LogP contribution in [0.25, 0.3) is 0 Å². The maximum absolute atomic E-state index is 13.3. The smallest absolute Gasteiger partial charge is 0.261 e. The van der Waals surface area contributed by atoms with Gasteiger partial charge in [-0.15, -0.1) is 0 Å². The molecular formula is C19H30F2N6O3. The summed E-state index contributed by atoms with van der Waals surface area (Å²) < 4.78 is 26.6. The Morgan fingerprint density at radius 3 is 2.17 bits per heavy atom. The first-order valence-electron chi connectivity index (χ1n) is 9.01. The number of aldehydes is 1. The predicted molar refractivity (Wildman–Crippen MR) is 112 cm³/mol. The van der Waals surface area contributed by atoms with Gasteiger partial charge in [-0.05, 0) is 19.2 Å². The van der Waals surface area contributed by atoms with Crippen molar-refractivity contribution in [3.05, 3.63) is 47.3 Å². The number of amides is 1. The summed E-state index contributed by atoms with van der Waals surface area (Å²) in [5, 5.41) is 10.8. The molecule has 2 rings (SSSR count). The van der Waals surface area contributed by atoms with Crippen LogP contribution in [0.15, 0.2) is 24.4 Å². The second kappa shape index (κ2) is 18.0. The van der Waals surface area contributed by atoms with Crippen LogP contribution in [-0.2, 0) is 4.79 Å². The first-order valence-corrected chi connectivity index (χ1v) is 9.01. The summed E-state index contributed by atoms with van der Waals surface area (Å²) in [6.07, 6.45) is 4.20. The highest BCUT2D eigenvalue weighted by atomic mass is 19.1. The molecule has 1 aromatic carbocycles. The normalized spacial score (nSPS) is 10.1. The number of rotatable bonds is 6. The summed E-state index contributed by atoms with van der Waals surface area (Å²) in [6, 6.07) is 3.08. The Morgan fingerprint density at radius 2 is 1.80 bits per heavy atom. The second-order valence-electron chi connectivity index (χ2n) is 5.50. The Kier molecular flexibility index (Phi) is 17.5. The topological polar surface area (TPSA) is 156 Å². The van der Waals surface area contributed by atoms with Crippen LogP contribution in [0.1, 0.15) is 47.5 Å². The molecule has 0 saturated heterocycles. The van der Waals surface area contributed by atoms with Gasteiger partial charge < -0.3 is 26.9 Å². The number of hydrogen-bond acceptors (Lipinski definition) is 7. The predicted octanol–water partition coefficient (Wildman–Crippen LogP) is 1.82. The zero-order valence-corrected chi connectivity index (χ0v) is 17.4. The van der Waals surface area contributed by atoms with Gasteiger partial charge in [0, 0.05) is 6.54 Å². The van der Waals surface area contributed by atoms with E-state index in [-0.39, 0.29) is 17.5 Å². The van der Waals surface area contributed by atoms with Gasteiger partial charge in [-0.3, -0.25) is 14.7 Å². The zero-order valence-electron chi connectivity index (χ0n) is 17.4. The van der Waals surface area contributed by atoms with E-state index >= 15 is 0 Å². The van der Waals surface area contributed by atoms with Gasteiger partial charge in [-0.1, -0.05) is 32.8 Å². The molecule has 0 spiro atoms. The van der Waals surface area contributed by atoms with Gasteiger partial charge in [-0.25, -0.2) is 8.78 Å². The lowest BCUT2D eigenvalue weighted by Gasteiger charge is -2.05. The lowest BCUT2D eigenvalue weighted by molar-refractivity contribution is -0.0980. The van der Waals surface area contributed by atoms with Gasteiger partial charge in [-0.2, -0.15) is 5.10 Å². The van der Waals surface area contributed by atoms with E-state index in [1.54, 1.807) is 7.05 Å². The summed E-state index contributed by atoms with van der Waals surface area (Å²) in [5.41, 5.74) is 9.69. The van der Waals surface area contributed by atoms with Crippen LogP contribution in [0.5, 0.6) is 0 Å². The monoisotopic (exact) mass is 428 g/mol. The van der Waals surface area contributed by atoms with Crippen molar-refractivity contribution in [1.82, 2.24) is 15.5 Å². The number of halogens is 2. The second-order valence-corrected chi connectivity index (χ2v) is 5.50. The molecule has 0 aliphatic heterocycles. The van der Waals surface area contributed by atoms with E-state index in [9.17, 15) is 18.4 Å². The summed E-state index contributed by atoms with van der Waals surface area (Å²) in [5.74, 6) is -2.96. The maximum atomic E-state index is 13.3. The van der Waals surface area contributed by atoms with Crippen molar-refractivity contribution in [2.45, 2.75) is 32.9 Å².